The van der Waals surface area contributed by atoms with E-state index in [2.05, 4.69) is 10.6 Å². The molecule has 0 aromatic heterocycles. The van der Waals surface area contributed by atoms with Gasteiger partial charge >= 0.3 is 6.03 Å². The van der Waals surface area contributed by atoms with Gasteiger partial charge in [0.2, 0.25) is 5.91 Å². The monoisotopic (exact) mass is 285 g/mol. The van der Waals surface area contributed by atoms with E-state index in [1.807, 2.05) is 0 Å². The van der Waals surface area contributed by atoms with E-state index in [0.717, 1.165) is 0 Å². The minimum Gasteiger partial charge on any atom is -0.323 e. The molecule has 1 aliphatic heterocycles. The number of fused-ring (bicyclic) bond motifs is 1. The fourth-order valence-corrected chi connectivity index (χ4v) is 2.17. The van der Waals surface area contributed by atoms with E-state index in [9.17, 15) is 14.0 Å². The van der Waals surface area contributed by atoms with Crippen molar-refractivity contribution >= 4 is 29.0 Å². The molecule has 0 aliphatic carbocycles. The van der Waals surface area contributed by atoms with Crippen LogP contribution in [0, 0.1) is 5.82 Å². The Hall–Kier alpha value is -2.89. The van der Waals surface area contributed by atoms with Gasteiger partial charge in [-0.25, -0.2) is 9.18 Å². The molecule has 0 atom stereocenters. The topological polar surface area (TPSA) is 61.4 Å². The van der Waals surface area contributed by atoms with E-state index in [1.54, 1.807) is 30.3 Å². The molecule has 0 radical (unpaired) electrons. The van der Waals surface area contributed by atoms with E-state index in [-0.39, 0.29) is 12.5 Å². The van der Waals surface area contributed by atoms with Gasteiger partial charge in [-0.2, -0.15) is 0 Å². The second-order valence-corrected chi connectivity index (χ2v) is 4.59. The molecule has 106 valence electrons. The molecule has 1 aliphatic rings. The summed E-state index contributed by atoms with van der Waals surface area (Å²) in [5, 5.41) is 5.28. The highest BCUT2D eigenvalue weighted by Crippen LogP contribution is 2.29. The number of hydrogen-bond acceptors (Lipinski definition) is 2. The zero-order chi connectivity index (χ0) is 14.8. The Bertz CT molecular complexity index is 718. The van der Waals surface area contributed by atoms with Crippen molar-refractivity contribution in [2.45, 2.75) is 0 Å². The molecule has 0 saturated carbocycles. The number of rotatable bonds is 1. The standard InChI is InChI=1S/C15H12FN3O2/c16-10-4-3-5-11(8-10)17-15(21)19-9-14(20)18-12-6-1-2-7-13(12)19/h1-8H,9H2,(H,17,21)(H,18,20). The van der Waals surface area contributed by atoms with Gasteiger partial charge in [-0.1, -0.05) is 18.2 Å². The fraction of sp³-hybridized carbons (Fsp3) is 0.0667. The highest BCUT2D eigenvalue weighted by molar-refractivity contribution is 6.12. The molecular weight excluding hydrogens is 273 g/mol. The van der Waals surface area contributed by atoms with Crippen LogP contribution in [0.1, 0.15) is 0 Å². The summed E-state index contributed by atoms with van der Waals surface area (Å²) < 4.78 is 13.1. The highest BCUT2D eigenvalue weighted by Gasteiger charge is 2.26. The Morgan fingerprint density at radius 2 is 2.00 bits per heavy atom. The summed E-state index contributed by atoms with van der Waals surface area (Å²) in [6.45, 7) is -0.0852. The average molecular weight is 285 g/mol. The number of nitrogens with one attached hydrogen (secondary N) is 2. The SMILES string of the molecule is O=C1CN(C(=O)Nc2cccc(F)c2)c2ccccc2N1. The lowest BCUT2D eigenvalue weighted by atomic mass is 10.2. The van der Waals surface area contributed by atoms with Crippen LogP contribution in [0.5, 0.6) is 0 Å². The third kappa shape index (κ3) is 2.69. The molecule has 1 heterocycles. The summed E-state index contributed by atoms with van der Waals surface area (Å²) in [7, 11) is 0. The van der Waals surface area contributed by atoms with Gasteiger partial charge in [0, 0.05) is 5.69 Å². The van der Waals surface area contributed by atoms with Crippen LogP contribution in [0.4, 0.5) is 26.2 Å². The van der Waals surface area contributed by atoms with Gasteiger partial charge in [0.15, 0.2) is 0 Å². The van der Waals surface area contributed by atoms with E-state index < -0.39 is 11.8 Å². The molecule has 2 aromatic rings. The van der Waals surface area contributed by atoms with Crippen molar-refractivity contribution in [2.24, 2.45) is 0 Å². The molecule has 2 N–H and O–H groups in total. The molecule has 2 aromatic carbocycles. The van der Waals surface area contributed by atoms with Crippen LogP contribution in [-0.4, -0.2) is 18.5 Å². The van der Waals surface area contributed by atoms with Gasteiger partial charge in [0.05, 0.1) is 11.4 Å². The molecule has 3 amide bonds. The maximum absolute atomic E-state index is 13.1. The second-order valence-electron chi connectivity index (χ2n) is 4.59. The van der Waals surface area contributed by atoms with Gasteiger partial charge in [-0.3, -0.25) is 9.69 Å². The lowest BCUT2D eigenvalue weighted by Gasteiger charge is -2.29. The largest absolute Gasteiger partial charge is 0.326 e. The van der Waals surface area contributed by atoms with Crippen molar-refractivity contribution in [3.8, 4) is 0 Å². The molecule has 3 rings (SSSR count). The van der Waals surface area contributed by atoms with Crippen molar-refractivity contribution < 1.29 is 14.0 Å². The average Bonchev–Trinajstić information content (AvgIpc) is 2.46. The third-order valence-corrected chi connectivity index (χ3v) is 3.09. The van der Waals surface area contributed by atoms with Crippen LogP contribution in [0.25, 0.3) is 0 Å². The van der Waals surface area contributed by atoms with E-state index in [0.29, 0.717) is 17.1 Å². The molecule has 0 saturated heterocycles. The summed E-state index contributed by atoms with van der Waals surface area (Å²) >= 11 is 0. The minimum atomic E-state index is -0.483. The van der Waals surface area contributed by atoms with E-state index >= 15 is 0 Å². The predicted octanol–water partition coefficient (Wildman–Crippen LogP) is 2.82. The predicted molar refractivity (Wildman–Crippen MR) is 77.8 cm³/mol. The molecule has 5 nitrogen and oxygen atoms in total. The Balaban J connectivity index is 1.86. The maximum Gasteiger partial charge on any atom is 0.326 e. The van der Waals surface area contributed by atoms with Gasteiger partial charge < -0.3 is 10.6 Å². The Labute approximate surface area is 120 Å². The lowest BCUT2D eigenvalue weighted by molar-refractivity contribution is -0.115. The molecule has 21 heavy (non-hydrogen) atoms. The first-order valence-electron chi connectivity index (χ1n) is 6.36. The zero-order valence-corrected chi connectivity index (χ0v) is 11.0. The van der Waals surface area contributed by atoms with Crippen LogP contribution in [-0.2, 0) is 4.79 Å². The summed E-state index contributed by atoms with van der Waals surface area (Å²) in [5.74, 6) is -0.715. The number of urea groups is 1. The maximum atomic E-state index is 13.1. The number of nitrogens with zero attached hydrogens (tertiary/aromatic N) is 1. The Morgan fingerprint density at radius 1 is 1.19 bits per heavy atom. The normalized spacial score (nSPS) is 13.4. The van der Waals surface area contributed by atoms with Gasteiger partial charge in [-0.05, 0) is 30.3 Å². The summed E-state index contributed by atoms with van der Waals surface area (Å²) in [5.41, 5.74) is 1.51. The number of carbonyl (C=O) groups is 2. The number of halogens is 1. The number of anilines is 3. The van der Waals surface area contributed by atoms with Crippen molar-refractivity contribution in [1.29, 1.82) is 0 Å². The van der Waals surface area contributed by atoms with Gasteiger partial charge in [0.1, 0.15) is 12.4 Å². The number of amides is 3. The molecular formula is C15H12FN3O2. The minimum absolute atomic E-state index is 0.0852. The number of benzene rings is 2. The molecule has 0 bridgehead atoms. The van der Waals surface area contributed by atoms with Crippen LogP contribution < -0.4 is 15.5 Å². The highest BCUT2D eigenvalue weighted by atomic mass is 19.1. The van der Waals surface area contributed by atoms with Crippen molar-refractivity contribution in [1.82, 2.24) is 0 Å². The molecule has 0 fully saturated rings. The summed E-state index contributed by atoms with van der Waals surface area (Å²) in [4.78, 5) is 25.3. The molecule has 0 unspecified atom stereocenters. The van der Waals surface area contributed by atoms with Crippen LogP contribution >= 0.6 is 0 Å². The summed E-state index contributed by atoms with van der Waals surface area (Å²) in [6.07, 6.45) is 0. The first kappa shape index (κ1) is 13.1. The van der Waals surface area contributed by atoms with Crippen LogP contribution in [0.2, 0.25) is 0 Å². The number of carbonyl (C=O) groups excluding carboxylic acids is 2. The number of para-hydroxylation sites is 2. The molecule has 0 spiro atoms. The summed E-state index contributed by atoms with van der Waals surface area (Å²) in [6, 6.07) is 12.1. The first-order chi connectivity index (χ1) is 10.1. The zero-order valence-electron chi connectivity index (χ0n) is 11.0. The fourth-order valence-electron chi connectivity index (χ4n) is 2.17. The first-order valence-corrected chi connectivity index (χ1v) is 6.36. The quantitative estimate of drug-likeness (QED) is 0.846. The third-order valence-electron chi connectivity index (χ3n) is 3.09. The number of hydrogen-bond donors (Lipinski definition) is 2. The Morgan fingerprint density at radius 3 is 2.81 bits per heavy atom. The van der Waals surface area contributed by atoms with Crippen molar-refractivity contribution in [3.05, 3.63) is 54.3 Å². The van der Waals surface area contributed by atoms with Crippen LogP contribution in [0.15, 0.2) is 48.5 Å². The smallest absolute Gasteiger partial charge is 0.323 e. The van der Waals surface area contributed by atoms with E-state index in [4.69, 9.17) is 0 Å². The molecule has 6 heteroatoms. The lowest BCUT2D eigenvalue weighted by Crippen LogP contribution is -2.44. The Kier molecular flexibility index (Phi) is 3.27. The van der Waals surface area contributed by atoms with Crippen molar-refractivity contribution in [3.63, 3.8) is 0 Å². The second kappa shape index (κ2) is 5.24. The van der Waals surface area contributed by atoms with Gasteiger partial charge in [0.25, 0.3) is 0 Å². The van der Waals surface area contributed by atoms with E-state index in [1.165, 1.54) is 23.1 Å². The van der Waals surface area contributed by atoms with Crippen molar-refractivity contribution in [2.75, 3.05) is 22.1 Å². The van der Waals surface area contributed by atoms with Gasteiger partial charge in [-0.15, -0.1) is 0 Å². The van der Waals surface area contributed by atoms with Crippen LogP contribution in [0.3, 0.4) is 0 Å².